The van der Waals surface area contributed by atoms with Gasteiger partial charge < -0.3 is 47.4 Å². The van der Waals surface area contributed by atoms with E-state index in [2.05, 4.69) is 87.1 Å². The van der Waals surface area contributed by atoms with Gasteiger partial charge in [-0.25, -0.2) is 0 Å². The molecule has 2 amide bonds. The van der Waals surface area contributed by atoms with E-state index in [9.17, 15) is 0 Å². The first kappa shape index (κ1) is 77.7. The first-order chi connectivity index (χ1) is 48.1. The van der Waals surface area contributed by atoms with Crippen molar-refractivity contribution in [3.05, 3.63) is 123 Å². The van der Waals surface area contributed by atoms with E-state index in [-0.39, 0.29) is 11.8 Å². The molecule has 0 saturated carbocycles. The smallest absolute Gasteiger partial charge is 0.261 e. The molecule has 2 aliphatic rings. The maximum Gasteiger partial charge on any atom is 0.261 e. The van der Waals surface area contributed by atoms with Gasteiger partial charge in [-0.1, -0.05) is 169 Å². The molecule has 0 spiro atoms. The van der Waals surface area contributed by atoms with Crippen molar-refractivity contribution in [1.82, 2.24) is 18.9 Å². The monoisotopic (exact) mass is 1380 g/mol. The van der Waals surface area contributed by atoms with Crippen molar-refractivity contribution in [1.29, 1.82) is 0 Å². The zero-order valence-corrected chi connectivity index (χ0v) is 63.3. The van der Waals surface area contributed by atoms with Crippen LogP contribution in [0.3, 0.4) is 0 Å². The largest absolute Gasteiger partial charge is 0.494 e. The summed E-state index contributed by atoms with van der Waals surface area (Å²) >= 11 is 3.55. The van der Waals surface area contributed by atoms with Gasteiger partial charge in [0.1, 0.15) is 23.0 Å². The van der Waals surface area contributed by atoms with E-state index < -0.39 is 0 Å². The van der Waals surface area contributed by atoms with Crippen LogP contribution in [0.15, 0.2) is 102 Å². The lowest BCUT2D eigenvalue weighted by molar-refractivity contribution is -0.124. The molecule has 4 aromatic heterocycles. The summed E-state index contributed by atoms with van der Waals surface area (Å²) in [5, 5.41) is 0. The van der Waals surface area contributed by atoms with Crippen LogP contribution in [0.2, 0.25) is 0 Å². The molecule has 0 unspecified atom stereocenters. The van der Waals surface area contributed by atoms with Gasteiger partial charge in [0, 0.05) is 50.0 Å². The minimum Gasteiger partial charge on any atom is -0.494 e. The summed E-state index contributed by atoms with van der Waals surface area (Å²) in [7, 11) is 0. The van der Waals surface area contributed by atoms with Crippen molar-refractivity contribution < 1.29 is 38.0 Å². The fourth-order valence-electron chi connectivity index (χ4n) is 13.9. The maximum atomic E-state index is 15.2. The molecule has 0 saturated heterocycles. The van der Waals surface area contributed by atoms with E-state index in [1.807, 2.05) is 78.6 Å². The number of benzene rings is 2. The molecule has 14 heteroatoms. The maximum absolute atomic E-state index is 15.2. The number of aromatic nitrogens is 2. The van der Waals surface area contributed by atoms with Gasteiger partial charge in [0.25, 0.3) is 11.8 Å². The molecular formula is C84H122N4O8S2. The van der Waals surface area contributed by atoms with Crippen molar-refractivity contribution in [2.75, 3.05) is 65.9 Å². The van der Waals surface area contributed by atoms with E-state index in [0.29, 0.717) is 108 Å². The van der Waals surface area contributed by atoms with Crippen LogP contribution in [-0.2, 0) is 45.0 Å². The zero-order valence-electron chi connectivity index (χ0n) is 61.7. The van der Waals surface area contributed by atoms with Gasteiger partial charge in [0.15, 0.2) is 0 Å². The number of ether oxygens (including phenoxy) is 6. The summed E-state index contributed by atoms with van der Waals surface area (Å²) in [5.74, 6) is 2.91. The number of fused-ring (bicyclic) bond motifs is 1. The molecule has 2 aliphatic heterocycles. The van der Waals surface area contributed by atoms with E-state index in [0.717, 1.165) is 89.2 Å². The highest BCUT2D eigenvalue weighted by Crippen LogP contribution is 2.48. The fourth-order valence-corrected chi connectivity index (χ4v) is 16.3. The Kier molecular flexibility index (Phi) is 34.5. The molecule has 12 nitrogen and oxygen atoms in total. The van der Waals surface area contributed by atoms with E-state index >= 15 is 9.59 Å². The number of thiophene rings is 2. The number of hydrogen-bond donors (Lipinski definition) is 0. The molecule has 98 heavy (non-hydrogen) atoms. The molecule has 8 rings (SSSR count). The fraction of sp³-hybridized carbons (Fsp3) is 0.595. The number of aryl methyl sites for hydroxylation is 1. The van der Waals surface area contributed by atoms with Crippen LogP contribution in [0.1, 0.15) is 249 Å². The third-order valence-electron chi connectivity index (χ3n) is 19.2. The predicted molar refractivity (Wildman–Crippen MR) is 409 cm³/mol. The number of hydrogen-bond acceptors (Lipinski definition) is 10. The highest BCUT2D eigenvalue weighted by Gasteiger charge is 2.47. The van der Waals surface area contributed by atoms with Crippen molar-refractivity contribution in [3.63, 3.8) is 0 Å². The molecule has 2 aromatic carbocycles. The quantitative estimate of drug-likeness (QED) is 0.0348. The highest BCUT2D eigenvalue weighted by molar-refractivity contribution is 7.17. The van der Waals surface area contributed by atoms with Gasteiger partial charge in [0.2, 0.25) is 0 Å². The molecule has 6 aromatic rings. The molecule has 0 radical (unpaired) electrons. The lowest BCUT2D eigenvalue weighted by Gasteiger charge is -2.23. The molecule has 0 fully saturated rings. The number of carbonyl (C=O) groups excluding carboxylic acids is 2. The summed E-state index contributed by atoms with van der Waals surface area (Å²) in [6, 6.07) is 29.6. The van der Waals surface area contributed by atoms with Crippen LogP contribution in [0.4, 0.5) is 0 Å². The summed E-state index contributed by atoms with van der Waals surface area (Å²) < 4.78 is 41.8. The standard InChI is InChI=1S/C84H122N4O8S2/c1-9-15-17-19-21-23-25-27-29-31-33-35-57-93-69-39-43-71(44-40-69)95-59-37-55-85-66(8)78-79(84(85)90)80(88(83(78)89)56-38-60-96-72-45-41-70(42-46-72)94-58-36-34-32-30-28-26-24-22-20-18-16-10-2)77-64-68(52-62-92-14-6)82(98-77)76-50-48-74(87(76)54-12-4)73-47-49-75(86(73)53-11-3)81-67(51-61-91-13-5)63-65(7)97-81/h39-50,63-64H,9-38,51-62H2,1-8H3. The Morgan fingerprint density at radius 1 is 0.347 bits per heavy atom. The van der Waals surface area contributed by atoms with E-state index in [4.69, 9.17) is 28.4 Å². The summed E-state index contributed by atoms with van der Waals surface area (Å²) in [4.78, 5) is 38.7. The second-order valence-corrected chi connectivity index (χ2v) is 29.3. The van der Waals surface area contributed by atoms with Crippen molar-refractivity contribution >= 4 is 40.2 Å². The molecule has 0 aliphatic carbocycles. The van der Waals surface area contributed by atoms with Gasteiger partial charge in [-0.3, -0.25) is 9.59 Å². The van der Waals surface area contributed by atoms with Crippen molar-refractivity contribution in [3.8, 4) is 55.5 Å². The third kappa shape index (κ3) is 23.0. The number of nitrogens with zero attached hydrogens (tertiary/aromatic N) is 4. The molecule has 0 bridgehead atoms. The van der Waals surface area contributed by atoms with Crippen LogP contribution in [0.25, 0.3) is 38.2 Å². The molecule has 6 heterocycles. The van der Waals surface area contributed by atoms with E-state index in [1.165, 1.54) is 174 Å². The minimum absolute atomic E-state index is 0.146. The van der Waals surface area contributed by atoms with Crippen molar-refractivity contribution in [2.45, 2.75) is 261 Å². The predicted octanol–water partition coefficient (Wildman–Crippen LogP) is 22.5. The molecule has 538 valence electrons. The Morgan fingerprint density at radius 3 is 1.11 bits per heavy atom. The minimum atomic E-state index is -0.146. The van der Waals surface area contributed by atoms with Crippen LogP contribution in [0, 0.1) is 6.92 Å². The number of allylic oxidation sites excluding steroid dienone is 1. The summed E-state index contributed by atoms with van der Waals surface area (Å²) in [5.41, 5.74) is 9.55. The summed E-state index contributed by atoms with van der Waals surface area (Å²) in [6.07, 6.45) is 36.2. The first-order valence-corrected chi connectivity index (χ1v) is 40.4. The third-order valence-corrected chi connectivity index (χ3v) is 21.5. The van der Waals surface area contributed by atoms with Gasteiger partial charge in [0.05, 0.1) is 93.9 Å². The molecule has 0 N–H and O–H groups in total. The Hall–Kier alpha value is -6.06. The van der Waals surface area contributed by atoms with Crippen LogP contribution >= 0.6 is 22.7 Å². The van der Waals surface area contributed by atoms with Gasteiger partial charge >= 0.3 is 0 Å². The van der Waals surface area contributed by atoms with Crippen LogP contribution in [-0.4, -0.2) is 96.7 Å². The Bertz CT molecular complexity index is 3350. The lowest BCUT2D eigenvalue weighted by Crippen LogP contribution is -2.31. The second kappa shape index (κ2) is 43.6. The number of rotatable bonds is 54. The Labute approximate surface area is 598 Å². The van der Waals surface area contributed by atoms with Crippen LogP contribution in [0.5, 0.6) is 23.0 Å². The Balaban J connectivity index is 0.958. The average molecular weight is 1380 g/mol. The van der Waals surface area contributed by atoms with Gasteiger partial charge in [-0.15, -0.1) is 22.7 Å². The molecular weight excluding hydrogens is 1260 g/mol. The zero-order chi connectivity index (χ0) is 69.1. The first-order valence-electron chi connectivity index (χ1n) is 38.7. The van der Waals surface area contributed by atoms with Gasteiger partial charge in [-0.2, -0.15) is 0 Å². The Morgan fingerprint density at radius 2 is 0.704 bits per heavy atom. The number of carbonyl (C=O) groups is 2. The normalized spacial score (nSPS) is 13.2. The summed E-state index contributed by atoms with van der Waals surface area (Å²) in [6.45, 7) is 24.6. The topological polar surface area (TPSA) is 106 Å². The highest BCUT2D eigenvalue weighted by atomic mass is 32.1. The van der Waals surface area contributed by atoms with E-state index in [1.54, 1.807) is 16.2 Å². The lowest BCUT2D eigenvalue weighted by atomic mass is 10.1. The molecule has 0 atom stereocenters. The van der Waals surface area contributed by atoms with Crippen molar-refractivity contribution in [2.24, 2.45) is 0 Å². The number of amides is 2. The van der Waals surface area contributed by atoms with Crippen LogP contribution < -0.4 is 18.9 Å². The average Bonchev–Trinajstić information content (AvgIpc) is 1.57. The second-order valence-electron chi connectivity index (χ2n) is 27.0. The number of unbranched alkanes of at least 4 members (excludes halogenated alkanes) is 22. The SMILES string of the molecule is CCCCCCCCCCCCCCOc1ccc(OCCCN2C(=O)C3=C(c4cc(CCOCC)c(-c5ccc(-c6ccc(-c7sc(C)cc7CCOCC)n6CCC)n5CCC)s4)N(CCCOc4ccc(OCCCCCCCCCCCCCC)cc4)C(=O)C3=C2C)cc1. The van der Waals surface area contributed by atoms with Gasteiger partial charge in [-0.05, 0) is 175 Å².